The molecule has 0 spiro atoms. The quantitative estimate of drug-likeness (QED) is 0.515. The van der Waals surface area contributed by atoms with Gasteiger partial charge in [-0.05, 0) is 47.7 Å². The Morgan fingerprint density at radius 1 is 0.957 bits per heavy atom. The Balaban J connectivity index is 2.07. The molecular weight excluding hydrogens is 286 g/mol. The van der Waals surface area contributed by atoms with Gasteiger partial charge in [0.2, 0.25) is 0 Å². The van der Waals surface area contributed by atoms with Crippen LogP contribution in [0.1, 0.15) is 49.2 Å². The first-order valence-corrected chi connectivity index (χ1v) is 7.58. The number of nitrogens with zero attached hydrogens (tertiary/aromatic N) is 1. The van der Waals surface area contributed by atoms with Gasteiger partial charge in [-0.3, -0.25) is 4.79 Å². The highest BCUT2D eigenvalue weighted by Gasteiger charge is 2.13. The zero-order chi connectivity index (χ0) is 17.0. The predicted octanol–water partition coefficient (Wildman–Crippen LogP) is 3.72. The highest BCUT2D eigenvalue weighted by atomic mass is 16.2. The van der Waals surface area contributed by atoms with E-state index in [-0.39, 0.29) is 11.3 Å². The molecule has 4 heteroatoms. The molecule has 0 aromatic heterocycles. The highest BCUT2D eigenvalue weighted by Crippen LogP contribution is 2.22. The zero-order valence-corrected chi connectivity index (χ0v) is 14.1. The molecule has 23 heavy (non-hydrogen) atoms. The van der Waals surface area contributed by atoms with Gasteiger partial charge in [0.15, 0.2) is 0 Å². The van der Waals surface area contributed by atoms with E-state index in [1.54, 1.807) is 24.3 Å². The molecule has 0 radical (unpaired) electrons. The lowest BCUT2D eigenvalue weighted by Gasteiger charge is -2.19. The Bertz CT molecular complexity index is 708. The van der Waals surface area contributed by atoms with Gasteiger partial charge in [0.25, 0.3) is 5.91 Å². The van der Waals surface area contributed by atoms with Crippen LogP contribution in [0.2, 0.25) is 0 Å². The lowest BCUT2D eigenvalue weighted by atomic mass is 9.86. The second-order valence-corrected chi connectivity index (χ2v) is 6.59. The van der Waals surface area contributed by atoms with E-state index in [1.165, 1.54) is 5.56 Å². The van der Waals surface area contributed by atoms with E-state index in [2.05, 4.69) is 43.4 Å². The average Bonchev–Trinajstić information content (AvgIpc) is 2.52. The van der Waals surface area contributed by atoms with E-state index in [4.69, 9.17) is 5.73 Å². The maximum atomic E-state index is 12.0. The summed E-state index contributed by atoms with van der Waals surface area (Å²) in [6, 6.07) is 15.0. The molecule has 0 aliphatic rings. The van der Waals surface area contributed by atoms with Crippen molar-refractivity contribution in [3.05, 3.63) is 65.2 Å². The van der Waals surface area contributed by atoms with Gasteiger partial charge in [0, 0.05) is 11.3 Å². The van der Waals surface area contributed by atoms with E-state index in [9.17, 15) is 4.79 Å². The van der Waals surface area contributed by atoms with Gasteiger partial charge in [-0.1, -0.05) is 45.0 Å². The van der Waals surface area contributed by atoms with Crippen LogP contribution in [0.3, 0.4) is 0 Å². The number of benzene rings is 2. The van der Waals surface area contributed by atoms with Crippen molar-refractivity contribution < 1.29 is 4.79 Å². The molecular formula is C19H23N3O. The van der Waals surface area contributed by atoms with Crippen molar-refractivity contribution in [2.24, 2.45) is 5.10 Å². The maximum Gasteiger partial charge on any atom is 0.271 e. The first kappa shape index (κ1) is 16.7. The summed E-state index contributed by atoms with van der Waals surface area (Å²) in [6.45, 7) is 8.40. The van der Waals surface area contributed by atoms with Gasteiger partial charge in [0.1, 0.15) is 0 Å². The number of nitrogens with two attached hydrogens (primary N) is 1. The summed E-state index contributed by atoms with van der Waals surface area (Å²) < 4.78 is 0. The smallest absolute Gasteiger partial charge is 0.271 e. The number of hydrazone groups is 1. The standard InChI is InChI=1S/C19H23N3O/c1-13(14-5-9-16(10-6-14)19(2,3)4)21-22-18(23)15-7-11-17(20)12-8-15/h5-12H,20H2,1-4H3,(H,22,23)/b21-13-. The molecule has 2 aromatic rings. The van der Waals surface area contributed by atoms with Crippen molar-refractivity contribution in [3.63, 3.8) is 0 Å². The number of nitrogen functional groups attached to an aromatic ring is 1. The minimum atomic E-state index is -0.254. The fraction of sp³-hybridized carbons (Fsp3) is 0.263. The molecule has 0 atom stereocenters. The summed E-state index contributed by atoms with van der Waals surface area (Å²) in [5, 5.41) is 4.17. The lowest BCUT2D eigenvalue weighted by molar-refractivity contribution is 0.0955. The summed E-state index contributed by atoms with van der Waals surface area (Å²) in [6.07, 6.45) is 0. The Labute approximate surface area is 137 Å². The second-order valence-electron chi connectivity index (χ2n) is 6.59. The Morgan fingerprint density at radius 3 is 2.00 bits per heavy atom. The Hall–Kier alpha value is -2.62. The van der Waals surface area contributed by atoms with Crippen LogP contribution in [0.25, 0.3) is 0 Å². The van der Waals surface area contributed by atoms with Crippen LogP contribution >= 0.6 is 0 Å². The van der Waals surface area contributed by atoms with Gasteiger partial charge >= 0.3 is 0 Å². The van der Waals surface area contributed by atoms with Crippen LogP contribution < -0.4 is 11.2 Å². The van der Waals surface area contributed by atoms with Gasteiger partial charge in [-0.25, -0.2) is 5.43 Å². The number of carbonyl (C=O) groups excluding carboxylic acids is 1. The van der Waals surface area contributed by atoms with Crippen LogP contribution in [0.5, 0.6) is 0 Å². The fourth-order valence-corrected chi connectivity index (χ4v) is 2.11. The number of anilines is 1. The lowest BCUT2D eigenvalue weighted by Crippen LogP contribution is -2.19. The number of nitrogens with one attached hydrogen (secondary N) is 1. The molecule has 0 aliphatic carbocycles. The molecule has 0 fully saturated rings. The molecule has 0 unspecified atom stereocenters. The molecule has 3 N–H and O–H groups in total. The number of hydrogen-bond donors (Lipinski definition) is 2. The molecule has 2 aromatic carbocycles. The third-order valence-corrected chi connectivity index (χ3v) is 3.67. The molecule has 4 nitrogen and oxygen atoms in total. The van der Waals surface area contributed by atoms with E-state index in [0.29, 0.717) is 11.3 Å². The highest BCUT2D eigenvalue weighted by molar-refractivity contribution is 6.00. The monoisotopic (exact) mass is 309 g/mol. The molecule has 0 heterocycles. The van der Waals surface area contributed by atoms with Crippen LogP contribution in [-0.4, -0.2) is 11.6 Å². The largest absolute Gasteiger partial charge is 0.399 e. The number of rotatable bonds is 3. The predicted molar refractivity (Wildman–Crippen MR) is 95.7 cm³/mol. The van der Waals surface area contributed by atoms with E-state index in [1.807, 2.05) is 19.1 Å². The Kier molecular flexibility index (Phi) is 4.84. The van der Waals surface area contributed by atoms with Crippen molar-refractivity contribution in [2.75, 3.05) is 5.73 Å². The van der Waals surface area contributed by atoms with Crippen molar-refractivity contribution in [1.29, 1.82) is 0 Å². The summed E-state index contributed by atoms with van der Waals surface area (Å²) in [5.74, 6) is -0.254. The minimum Gasteiger partial charge on any atom is -0.399 e. The first-order chi connectivity index (χ1) is 10.8. The average molecular weight is 309 g/mol. The molecule has 2 rings (SSSR count). The van der Waals surface area contributed by atoms with E-state index < -0.39 is 0 Å². The third kappa shape index (κ3) is 4.42. The SMILES string of the molecule is C/C(=N/NC(=O)c1ccc(N)cc1)c1ccc(C(C)(C)C)cc1. The van der Waals surface area contributed by atoms with Crippen LogP contribution in [-0.2, 0) is 5.41 Å². The second kappa shape index (κ2) is 6.65. The molecule has 0 aliphatic heterocycles. The summed E-state index contributed by atoms with van der Waals surface area (Å²) in [5.41, 5.74) is 12.5. The number of carbonyl (C=O) groups is 1. The molecule has 0 bridgehead atoms. The summed E-state index contributed by atoms with van der Waals surface area (Å²) in [4.78, 5) is 12.0. The minimum absolute atomic E-state index is 0.118. The normalized spacial score (nSPS) is 12.1. The van der Waals surface area contributed by atoms with Gasteiger partial charge < -0.3 is 5.73 Å². The number of hydrogen-bond acceptors (Lipinski definition) is 3. The van der Waals surface area contributed by atoms with Crippen LogP contribution in [0.4, 0.5) is 5.69 Å². The van der Waals surface area contributed by atoms with Crippen molar-refractivity contribution >= 4 is 17.3 Å². The van der Waals surface area contributed by atoms with E-state index >= 15 is 0 Å². The molecule has 1 amide bonds. The van der Waals surface area contributed by atoms with Crippen LogP contribution in [0.15, 0.2) is 53.6 Å². The van der Waals surface area contributed by atoms with Gasteiger partial charge in [0.05, 0.1) is 5.71 Å². The van der Waals surface area contributed by atoms with E-state index in [0.717, 1.165) is 11.3 Å². The molecule has 0 saturated heterocycles. The zero-order valence-electron chi connectivity index (χ0n) is 14.1. The van der Waals surface area contributed by atoms with Crippen molar-refractivity contribution in [1.82, 2.24) is 5.43 Å². The summed E-state index contributed by atoms with van der Waals surface area (Å²) in [7, 11) is 0. The van der Waals surface area contributed by atoms with Crippen LogP contribution in [0, 0.1) is 0 Å². The first-order valence-electron chi connectivity index (χ1n) is 7.58. The molecule has 0 saturated carbocycles. The Morgan fingerprint density at radius 2 is 1.48 bits per heavy atom. The fourth-order valence-electron chi connectivity index (χ4n) is 2.11. The topological polar surface area (TPSA) is 67.5 Å². The van der Waals surface area contributed by atoms with Gasteiger partial charge in [-0.15, -0.1) is 0 Å². The van der Waals surface area contributed by atoms with Crippen molar-refractivity contribution in [3.8, 4) is 0 Å². The summed E-state index contributed by atoms with van der Waals surface area (Å²) >= 11 is 0. The maximum absolute atomic E-state index is 12.0. The van der Waals surface area contributed by atoms with Gasteiger partial charge in [-0.2, -0.15) is 5.10 Å². The third-order valence-electron chi connectivity index (χ3n) is 3.67. The molecule has 120 valence electrons. The van der Waals surface area contributed by atoms with Crippen molar-refractivity contribution in [2.45, 2.75) is 33.1 Å². The number of amides is 1.